The largest absolute Gasteiger partial charge is 0.386 e. The SMILES string of the molecule is CC1CCc2nc3ccc(-c4ccc(C(C)(C)O)cc4)nc3n21. The summed E-state index contributed by atoms with van der Waals surface area (Å²) >= 11 is 0. The smallest absolute Gasteiger partial charge is 0.160 e. The van der Waals surface area contributed by atoms with Gasteiger partial charge in [0.15, 0.2) is 5.65 Å². The third kappa shape index (κ3) is 2.34. The lowest BCUT2D eigenvalue weighted by Crippen LogP contribution is -2.14. The fraction of sp³-hybridized carbons (Fsp3) is 0.368. The molecule has 1 aliphatic rings. The molecule has 0 saturated heterocycles. The van der Waals surface area contributed by atoms with E-state index in [2.05, 4.69) is 17.6 Å². The number of fused-ring (bicyclic) bond motifs is 3. The summed E-state index contributed by atoms with van der Waals surface area (Å²) in [5, 5.41) is 10.1. The van der Waals surface area contributed by atoms with E-state index in [1.54, 1.807) is 13.8 Å². The molecule has 4 nitrogen and oxygen atoms in total. The van der Waals surface area contributed by atoms with Crippen LogP contribution in [-0.2, 0) is 12.0 Å². The molecule has 4 rings (SSSR count). The average molecular weight is 307 g/mol. The van der Waals surface area contributed by atoms with Gasteiger partial charge < -0.3 is 9.67 Å². The van der Waals surface area contributed by atoms with Gasteiger partial charge in [0.05, 0.1) is 11.3 Å². The highest BCUT2D eigenvalue weighted by atomic mass is 16.3. The van der Waals surface area contributed by atoms with Gasteiger partial charge in [-0.25, -0.2) is 9.97 Å². The third-order valence-corrected chi connectivity index (χ3v) is 4.72. The van der Waals surface area contributed by atoms with Gasteiger partial charge >= 0.3 is 0 Å². The maximum Gasteiger partial charge on any atom is 0.160 e. The van der Waals surface area contributed by atoms with Gasteiger partial charge in [0.25, 0.3) is 0 Å². The molecule has 0 saturated carbocycles. The fourth-order valence-corrected chi connectivity index (χ4v) is 3.34. The molecule has 4 heteroatoms. The summed E-state index contributed by atoms with van der Waals surface area (Å²) in [6.45, 7) is 5.82. The molecule has 0 bridgehead atoms. The Morgan fingerprint density at radius 2 is 1.83 bits per heavy atom. The van der Waals surface area contributed by atoms with Crippen molar-refractivity contribution in [1.29, 1.82) is 0 Å². The lowest BCUT2D eigenvalue weighted by Gasteiger charge is -2.17. The molecule has 0 spiro atoms. The summed E-state index contributed by atoms with van der Waals surface area (Å²) in [4.78, 5) is 9.55. The van der Waals surface area contributed by atoms with Gasteiger partial charge in [-0.1, -0.05) is 24.3 Å². The van der Waals surface area contributed by atoms with Crippen LogP contribution in [0.25, 0.3) is 22.4 Å². The number of imidazole rings is 1. The molecule has 1 aromatic carbocycles. The number of aliphatic hydroxyl groups is 1. The average Bonchev–Trinajstić information content (AvgIpc) is 3.06. The molecule has 3 heterocycles. The Balaban J connectivity index is 1.79. The predicted molar refractivity (Wildman–Crippen MR) is 91.2 cm³/mol. The second kappa shape index (κ2) is 4.90. The summed E-state index contributed by atoms with van der Waals surface area (Å²) in [5.41, 5.74) is 4.04. The van der Waals surface area contributed by atoms with E-state index in [4.69, 9.17) is 9.97 Å². The lowest BCUT2D eigenvalue weighted by atomic mass is 9.97. The standard InChI is InChI=1S/C19H21N3O/c1-12-4-11-17-20-16-10-9-15(21-18(16)22(12)17)13-5-7-14(8-6-13)19(2,3)23/h5-10,12,23H,4,11H2,1-3H3. The third-order valence-electron chi connectivity index (χ3n) is 4.72. The Morgan fingerprint density at radius 3 is 2.52 bits per heavy atom. The van der Waals surface area contributed by atoms with Gasteiger partial charge in [-0.05, 0) is 44.9 Å². The molecule has 1 atom stereocenters. The van der Waals surface area contributed by atoms with Crippen molar-refractivity contribution in [2.45, 2.75) is 45.3 Å². The van der Waals surface area contributed by atoms with Crippen molar-refractivity contribution in [3.63, 3.8) is 0 Å². The van der Waals surface area contributed by atoms with Gasteiger partial charge in [0.2, 0.25) is 0 Å². The molecule has 0 amide bonds. The van der Waals surface area contributed by atoms with E-state index in [1.165, 1.54) is 0 Å². The van der Waals surface area contributed by atoms with E-state index in [9.17, 15) is 5.11 Å². The molecular formula is C19H21N3O. The minimum atomic E-state index is -0.822. The van der Waals surface area contributed by atoms with Crippen LogP contribution in [0.15, 0.2) is 36.4 Å². The zero-order valence-corrected chi connectivity index (χ0v) is 13.7. The number of benzene rings is 1. The van der Waals surface area contributed by atoms with Crippen molar-refractivity contribution in [2.24, 2.45) is 0 Å². The first kappa shape index (κ1) is 14.4. The van der Waals surface area contributed by atoms with Crippen LogP contribution in [0.4, 0.5) is 0 Å². The Hall–Kier alpha value is -2.20. The van der Waals surface area contributed by atoms with Gasteiger partial charge in [0, 0.05) is 18.0 Å². The normalized spacial score (nSPS) is 17.7. The molecule has 0 aliphatic carbocycles. The summed E-state index contributed by atoms with van der Waals surface area (Å²) in [5.74, 6) is 1.15. The van der Waals surface area contributed by atoms with Crippen LogP contribution in [0, 0.1) is 0 Å². The molecular weight excluding hydrogens is 286 g/mol. The van der Waals surface area contributed by atoms with Crippen LogP contribution in [0.3, 0.4) is 0 Å². The van der Waals surface area contributed by atoms with Gasteiger partial charge in [0.1, 0.15) is 11.3 Å². The van der Waals surface area contributed by atoms with Gasteiger partial charge in [-0.15, -0.1) is 0 Å². The zero-order valence-electron chi connectivity index (χ0n) is 13.7. The number of nitrogens with zero attached hydrogens (tertiary/aromatic N) is 3. The van der Waals surface area contributed by atoms with Crippen LogP contribution in [-0.4, -0.2) is 19.6 Å². The number of aromatic nitrogens is 3. The highest BCUT2D eigenvalue weighted by Gasteiger charge is 2.23. The molecule has 118 valence electrons. The van der Waals surface area contributed by atoms with Crippen molar-refractivity contribution in [1.82, 2.24) is 14.5 Å². The number of hydrogen-bond donors (Lipinski definition) is 1. The van der Waals surface area contributed by atoms with Crippen LogP contribution in [0.2, 0.25) is 0 Å². The summed E-state index contributed by atoms with van der Waals surface area (Å²) in [6.07, 6.45) is 2.18. The van der Waals surface area contributed by atoms with E-state index in [0.29, 0.717) is 6.04 Å². The minimum absolute atomic E-state index is 0.468. The number of pyridine rings is 1. The Labute approximate surface area is 135 Å². The topological polar surface area (TPSA) is 50.9 Å². The van der Waals surface area contributed by atoms with Crippen molar-refractivity contribution < 1.29 is 5.11 Å². The van der Waals surface area contributed by atoms with Crippen molar-refractivity contribution in [3.8, 4) is 11.3 Å². The first-order valence-electron chi connectivity index (χ1n) is 8.14. The first-order chi connectivity index (χ1) is 10.9. The molecule has 0 radical (unpaired) electrons. The Kier molecular flexibility index (Phi) is 3.07. The molecule has 0 fully saturated rings. The molecule has 1 N–H and O–H groups in total. The lowest BCUT2D eigenvalue weighted by molar-refractivity contribution is 0.0786. The van der Waals surface area contributed by atoms with Gasteiger partial charge in [-0.2, -0.15) is 0 Å². The van der Waals surface area contributed by atoms with Crippen LogP contribution >= 0.6 is 0 Å². The monoisotopic (exact) mass is 307 g/mol. The molecule has 2 aromatic heterocycles. The second-order valence-electron chi connectivity index (χ2n) is 6.96. The highest BCUT2D eigenvalue weighted by molar-refractivity contribution is 5.76. The van der Waals surface area contributed by atoms with E-state index in [0.717, 1.165) is 46.7 Å². The maximum atomic E-state index is 10.1. The predicted octanol–water partition coefficient (Wildman–Crippen LogP) is 3.83. The Bertz CT molecular complexity index is 872. The minimum Gasteiger partial charge on any atom is -0.386 e. The van der Waals surface area contributed by atoms with E-state index >= 15 is 0 Å². The molecule has 23 heavy (non-hydrogen) atoms. The zero-order chi connectivity index (χ0) is 16.2. The first-order valence-corrected chi connectivity index (χ1v) is 8.14. The van der Waals surface area contributed by atoms with Crippen LogP contribution in [0.1, 0.15) is 44.6 Å². The summed E-state index contributed by atoms with van der Waals surface area (Å²) < 4.78 is 2.27. The number of rotatable bonds is 2. The molecule has 1 aliphatic heterocycles. The molecule has 1 unspecified atom stereocenters. The maximum absolute atomic E-state index is 10.1. The summed E-state index contributed by atoms with van der Waals surface area (Å²) in [7, 11) is 0. The summed E-state index contributed by atoms with van der Waals surface area (Å²) in [6, 6.07) is 12.5. The second-order valence-corrected chi connectivity index (χ2v) is 6.96. The fourth-order valence-electron chi connectivity index (χ4n) is 3.34. The van der Waals surface area contributed by atoms with Crippen LogP contribution in [0.5, 0.6) is 0 Å². The van der Waals surface area contributed by atoms with Crippen molar-refractivity contribution >= 4 is 11.2 Å². The van der Waals surface area contributed by atoms with Gasteiger partial charge in [-0.3, -0.25) is 0 Å². The number of aryl methyl sites for hydroxylation is 1. The Morgan fingerprint density at radius 1 is 1.09 bits per heavy atom. The number of hydrogen-bond acceptors (Lipinski definition) is 3. The van der Waals surface area contributed by atoms with Crippen LogP contribution < -0.4 is 0 Å². The van der Waals surface area contributed by atoms with E-state index in [-0.39, 0.29) is 0 Å². The van der Waals surface area contributed by atoms with Crippen molar-refractivity contribution in [2.75, 3.05) is 0 Å². The van der Waals surface area contributed by atoms with E-state index < -0.39 is 5.60 Å². The quantitative estimate of drug-likeness (QED) is 0.782. The van der Waals surface area contributed by atoms with E-state index in [1.807, 2.05) is 30.3 Å². The van der Waals surface area contributed by atoms with Crippen molar-refractivity contribution in [3.05, 3.63) is 47.8 Å². The highest BCUT2D eigenvalue weighted by Crippen LogP contribution is 2.31. The molecule has 3 aromatic rings.